The van der Waals surface area contributed by atoms with Crippen LogP contribution in [0.25, 0.3) is 0 Å². The number of carbonyl (C=O) groups is 2. The third kappa shape index (κ3) is 5.60. The van der Waals surface area contributed by atoms with Crippen LogP contribution in [0.4, 0.5) is 0 Å². The smallest absolute Gasteiger partial charge is 0.261 e. The molecule has 1 N–H and O–H groups in total. The number of nitrogens with one attached hydrogen (secondary N) is 1. The normalized spacial score (nSPS) is 11.5. The van der Waals surface area contributed by atoms with Crippen molar-refractivity contribution >= 4 is 27.7 Å². The minimum Gasteiger partial charge on any atom is -0.484 e. The van der Waals surface area contributed by atoms with Crippen LogP contribution in [0.3, 0.4) is 0 Å². The molecule has 0 spiro atoms. The number of amides is 2. The van der Waals surface area contributed by atoms with Gasteiger partial charge in [-0.05, 0) is 36.8 Å². The molecule has 1 atom stereocenters. The standard InChI is InChI=1S/C19H21BrN2O3/c1-14(19(24)21-2)22(12-15-6-4-3-5-7-15)18(23)13-25-17-10-8-16(20)9-11-17/h3-11,14H,12-13H2,1-2H3,(H,21,24). The largest absolute Gasteiger partial charge is 0.484 e. The third-order valence-corrected chi connectivity index (χ3v) is 4.31. The van der Waals surface area contributed by atoms with Gasteiger partial charge >= 0.3 is 0 Å². The summed E-state index contributed by atoms with van der Waals surface area (Å²) in [5.41, 5.74) is 0.954. The number of carbonyl (C=O) groups excluding carboxylic acids is 2. The van der Waals surface area contributed by atoms with Crippen LogP contribution >= 0.6 is 15.9 Å². The molecule has 0 radical (unpaired) electrons. The Morgan fingerprint density at radius 2 is 1.76 bits per heavy atom. The first-order chi connectivity index (χ1) is 12.0. The van der Waals surface area contributed by atoms with E-state index in [2.05, 4.69) is 21.2 Å². The van der Waals surface area contributed by atoms with Crippen LogP contribution in [-0.4, -0.2) is 36.4 Å². The summed E-state index contributed by atoms with van der Waals surface area (Å²) in [6.45, 7) is 1.92. The summed E-state index contributed by atoms with van der Waals surface area (Å²) in [5.74, 6) is 0.139. The average molecular weight is 405 g/mol. The lowest BCUT2D eigenvalue weighted by Gasteiger charge is -2.28. The summed E-state index contributed by atoms with van der Waals surface area (Å²) in [6, 6.07) is 16.2. The second-order valence-corrected chi connectivity index (χ2v) is 6.46. The van der Waals surface area contributed by atoms with E-state index < -0.39 is 6.04 Å². The van der Waals surface area contributed by atoms with E-state index in [0.29, 0.717) is 12.3 Å². The predicted molar refractivity (Wildman–Crippen MR) is 100 cm³/mol. The van der Waals surface area contributed by atoms with Crippen LogP contribution in [-0.2, 0) is 16.1 Å². The van der Waals surface area contributed by atoms with Crippen molar-refractivity contribution < 1.29 is 14.3 Å². The van der Waals surface area contributed by atoms with Gasteiger partial charge in [0.25, 0.3) is 5.91 Å². The Bertz CT molecular complexity index is 704. The van der Waals surface area contributed by atoms with Crippen molar-refractivity contribution in [3.8, 4) is 5.75 Å². The first kappa shape index (κ1) is 19.0. The minimum atomic E-state index is -0.591. The number of benzene rings is 2. The summed E-state index contributed by atoms with van der Waals surface area (Å²) >= 11 is 3.35. The molecule has 0 aliphatic carbocycles. The first-order valence-electron chi connectivity index (χ1n) is 7.94. The Morgan fingerprint density at radius 3 is 2.36 bits per heavy atom. The molecule has 5 nitrogen and oxygen atoms in total. The quantitative estimate of drug-likeness (QED) is 0.771. The highest BCUT2D eigenvalue weighted by molar-refractivity contribution is 9.10. The van der Waals surface area contributed by atoms with E-state index in [4.69, 9.17) is 4.74 Å². The predicted octanol–water partition coefficient (Wildman–Crippen LogP) is 2.99. The molecule has 2 amide bonds. The van der Waals surface area contributed by atoms with E-state index in [1.165, 1.54) is 4.90 Å². The van der Waals surface area contributed by atoms with Gasteiger partial charge in [0.15, 0.2) is 6.61 Å². The lowest BCUT2D eigenvalue weighted by atomic mass is 10.1. The van der Waals surface area contributed by atoms with Gasteiger partial charge in [0, 0.05) is 18.1 Å². The monoisotopic (exact) mass is 404 g/mol. The highest BCUT2D eigenvalue weighted by Crippen LogP contribution is 2.16. The first-order valence-corrected chi connectivity index (χ1v) is 8.74. The maximum absolute atomic E-state index is 12.7. The number of hydrogen-bond donors (Lipinski definition) is 1. The van der Waals surface area contributed by atoms with Gasteiger partial charge in [-0.15, -0.1) is 0 Å². The molecule has 0 saturated heterocycles. The number of rotatable bonds is 7. The molecule has 0 aliphatic heterocycles. The van der Waals surface area contributed by atoms with E-state index in [9.17, 15) is 9.59 Å². The third-order valence-electron chi connectivity index (χ3n) is 3.79. The second kappa shape index (κ2) is 9.22. The maximum Gasteiger partial charge on any atom is 0.261 e. The molecule has 1 unspecified atom stereocenters. The Hall–Kier alpha value is -2.34. The van der Waals surface area contributed by atoms with Crippen LogP contribution in [0.5, 0.6) is 5.75 Å². The summed E-state index contributed by atoms with van der Waals surface area (Å²) in [5, 5.41) is 2.59. The lowest BCUT2D eigenvalue weighted by molar-refractivity contribution is -0.142. The van der Waals surface area contributed by atoms with Crippen LogP contribution < -0.4 is 10.1 Å². The van der Waals surface area contributed by atoms with Crippen molar-refractivity contribution in [3.63, 3.8) is 0 Å². The van der Waals surface area contributed by atoms with E-state index in [0.717, 1.165) is 10.0 Å². The molecule has 0 bridgehead atoms. The SMILES string of the molecule is CNC(=O)C(C)N(Cc1ccccc1)C(=O)COc1ccc(Br)cc1. The van der Waals surface area contributed by atoms with E-state index >= 15 is 0 Å². The zero-order valence-electron chi connectivity index (χ0n) is 14.2. The molecular weight excluding hydrogens is 384 g/mol. The summed E-state index contributed by atoms with van der Waals surface area (Å²) in [6.07, 6.45) is 0. The minimum absolute atomic E-state index is 0.129. The van der Waals surface area contributed by atoms with Gasteiger partial charge in [-0.25, -0.2) is 0 Å². The van der Waals surface area contributed by atoms with Crippen molar-refractivity contribution in [2.75, 3.05) is 13.7 Å². The number of halogens is 1. The highest BCUT2D eigenvalue weighted by Gasteiger charge is 2.25. The van der Waals surface area contributed by atoms with Gasteiger partial charge in [-0.2, -0.15) is 0 Å². The number of nitrogens with zero attached hydrogens (tertiary/aromatic N) is 1. The molecule has 25 heavy (non-hydrogen) atoms. The highest BCUT2D eigenvalue weighted by atomic mass is 79.9. The van der Waals surface area contributed by atoms with Crippen molar-refractivity contribution in [2.24, 2.45) is 0 Å². The molecular formula is C19H21BrN2O3. The molecule has 0 fully saturated rings. The van der Waals surface area contributed by atoms with Crippen molar-refractivity contribution in [1.82, 2.24) is 10.2 Å². The fourth-order valence-corrected chi connectivity index (χ4v) is 2.59. The fourth-order valence-electron chi connectivity index (χ4n) is 2.33. The number of likely N-dealkylation sites (N-methyl/N-ethyl adjacent to an activating group) is 1. The van der Waals surface area contributed by atoms with Crippen LogP contribution in [0.15, 0.2) is 59.1 Å². The fraction of sp³-hybridized carbons (Fsp3) is 0.263. The van der Waals surface area contributed by atoms with E-state index in [1.54, 1.807) is 26.1 Å². The molecule has 132 valence electrons. The van der Waals surface area contributed by atoms with Gasteiger partial charge in [-0.1, -0.05) is 46.3 Å². The topological polar surface area (TPSA) is 58.6 Å². The van der Waals surface area contributed by atoms with Crippen molar-refractivity contribution in [3.05, 3.63) is 64.6 Å². The second-order valence-electron chi connectivity index (χ2n) is 5.54. The van der Waals surface area contributed by atoms with Gasteiger partial charge in [0.2, 0.25) is 5.91 Å². The zero-order valence-corrected chi connectivity index (χ0v) is 15.8. The van der Waals surface area contributed by atoms with Crippen molar-refractivity contribution in [2.45, 2.75) is 19.5 Å². The molecule has 2 aromatic rings. The van der Waals surface area contributed by atoms with Crippen LogP contribution in [0, 0.1) is 0 Å². The van der Waals surface area contributed by atoms with E-state index in [-0.39, 0.29) is 18.4 Å². The van der Waals surface area contributed by atoms with Gasteiger partial charge in [0.1, 0.15) is 11.8 Å². The Balaban J connectivity index is 2.08. The Kier molecular flexibility index (Phi) is 7.01. The summed E-state index contributed by atoms with van der Waals surface area (Å²) in [4.78, 5) is 26.2. The lowest BCUT2D eigenvalue weighted by Crippen LogP contribution is -2.48. The maximum atomic E-state index is 12.7. The molecule has 2 rings (SSSR count). The molecule has 0 saturated carbocycles. The van der Waals surface area contributed by atoms with E-state index in [1.807, 2.05) is 42.5 Å². The van der Waals surface area contributed by atoms with Gasteiger partial charge < -0.3 is 15.0 Å². The van der Waals surface area contributed by atoms with Gasteiger partial charge in [-0.3, -0.25) is 9.59 Å². The zero-order chi connectivity index (χ0) is 18.2. The van der Waals surface area contributed by atoms with Crippen molar-refractivity contribution in [1.29, 1.82) is 0 Å². The molecule has 6 heteroatoms. The number of ether oxygens (including phenoxy) is 1. The molecule has 2 aromatic carbocycles. The number of hydrogen-bond acceptors (Lipinski definition) is 3. The molecule has 0 aliphatic rings. The van der Waals surface area contributed by atoms with Crippen LogP contribution in [0.2, 0.25) is 0 Å². The average Bonchev–Trinajstić information content (AvgIpc) is 2.65. The Morgan fingerprint density at radius 1 is 1.12 bits per heavy atom. The van der Waals surface area contributed by atoms with Gasteiger partial charge in [0.05, 0.1) is 0 Å². The summed E-state index contributed by atoms with van der Waals surface area (Å²) in [7, 11) is 1.56. The molecule has 0 heterocycles. The van der Waals surface area contributed by atoms with Crippen LogP contribution in [0.1, 0.15) is 12.5 Å². The Labute approximate surface area is 156 Å². The summed E-state index contributed by atoms with van der Waals surface area (Å²) < 4.78 is 6.50. The molecule has 0 aromatic heterocycles.